The largest absolute Gasteiger partial charge is 0.480 e. The first-order valence-electron chi connectivity index (χ1n) is 8.44. The molecule has 2 heterocycles. The normalized spacial score (nSPS) is 29.1. The lowest BCUT2D eigenvalue weighted by Gasteiger charge is -2.39. The summed E-state index contributed by atoms with van der Waals surface area (Å²) in [6.07, 6.45) is 8.14. The van der Waals surface area contributed by atoms with E-state index in [-0.39, 0.29) is 12.0 Å². The number of hydrogen-bond donors (Lipinski definition) is 1. The molecule has 1 unspecified atom stereocenters. The zero-order valence-electron chi connectivity index (χ0n) is 12.7. The van der Waals surface area contributed by atoms with Crippen LogP contribution in [0.4, 0.5) is 0 Å². The summed E-state index contributed by atoms with van der Waals surface area (Å²) in [5, 5.41) is 9.29. The Morgan fingerprint density at radius 1 is 0.857 bits per heavy atom. The Morgan fingerprint density at radius 3 is 2.14 bits per heavy atom. The molecule has 1 atom stereocenters. The number of piperidine rings is 1. The lowest BCUT2D eigenvalue weighted by atomic mass is 9.99. The first-order chi connectivity index (χ1) is 10.2. The number of hydrogen-bond acceptors (Lipinski definition) is 3. The fourth-order valence-electron chi connectivity index (χ4n) is 4.34. The van der Waals surface area contributed by atoms with Gasteiger partial charge in [-0.1, -0.05) is 12.8 Å². The molecule has 0 aromatic carbocycles. The van der Waals surface area contributed by atoms with Gasteiger partial charge in [-0.3, -0.25) is 14.5 Å². The highest BCUT2D eigenvalue weighted by Crippen LogP contribution is 2.30. The van der Waals surface area contributed by atoms with Crippen LogP contribution in [-0.2, 0) is 9.59 Å². The van der Waals surface area contributed by atoms with Gasteiger partial charge in [-0.15, -0.1) is 0 Å². The molecule has 3 fully saturated rings. The van der Waals surface area contributed by atoms with Gasteiger partial charge in [0.25, 0.3) is 0 Å². The van der Waals surface area contributed by atoms with E-state index in [0.717, 1.165) is 58.2 Å². The van der Waals surface area contributed by atoms with Crippen molar-refractivity contribution in [2.45, 2.75) is 63.5 Å². The van der Waals surface area contributed by atoms with Crippen molar-refractivity contribution in [1.82, 2.24) is 9.80 Å². The molecule has 2 saturated heterocycles. The molecule has 0 radical (unpaired) electrons. The van der Waals surface area contributed by atoms with Crippen LogP contribution in [0, 0.1) is 5.92 Å². The smallest absolute Gasteiger partial charge is 0.320 e. The van der Waals surface area contributed by atoms with Crippen molar-refractivity contribution in [2.75, 3.05) is 19.6 Å². The molecule has 1 N–H and O–H groups in total. The molecule has 1 amide bonds. The van der Waals surface area contributed by atoms with Gasteiger partial charge in [-0.2, -0.15) is 0 Å². The van der Waals surface area contributed by atoms with Crippen molar-refractivity contribution >= 4 is 11.9 Å². The number of carboxylic acids is 1. The first kappa shape index (κ1) is 14.8. The molecular formula is C16H26N2O3. The zero-order chi connectivity index (χ0) is 14.8. The summed E-state index contributed by atoms with van der Waals surface area (Å²) in [6, 6.07) is 0.0494. The summed E-state index contributed by atoms with van der Waals surface area (Å²) < 4.78 is 0. The highest BCUT2D eigenvalue weighted by atomic mass is 16.4. The maximum absolute atomic E-state index is 12.4. The number of carboxylic acid groups (broad SMARTS) is 1. The van der Waals surface area contributed by atoms with E-state index in [2.05, 4.69) is 4.90 Å². The molecule has 0 aromatic rings. The molecule has 2 aliphatic heterocycles. The van der Waals surface area contributed by atoms with E-state index in [1.165, 1.54) is 12.8 Å². The average molecular weight is 294 g/mol. The summed E-state index contributed by atoms with van der Waals surface area (Å²) in [5.74, 6) is -0.0702. The van der Waals surface area contributed by atoms with E-state index in [9.17, 15) is 14.7 Å². The van der Waals surface area contributed by atoms with Crippen LogP contribution >= 0.6 is 0 Å². The molecule has 3 aliphatic rings. The van der Waals surface area contributed by atoms with E-state index in [4.69, 9.17) is 0 Å². The van der Waals surface area contributed by atoms with Gasteiger partial charge < -0.3 is 10.0 Å². The number of amides is 1. The molecule has 5 nitrogen and oxygen atoms in total. The lowest BCUT2D eigenvalue weighted by molar-refractivity contribution is -0.144. The second-order valence-corrected chi connectivity index (χ2v) is 6.77. The number of carbonyl (C=O) groups is 2. The lowest BCUT2D eigenvalue weighted by Crippen LogP contribution is -2.50. The Balaban J connectivity index is 1.52. The van der Waals surface area contributed by atoms with Gasteiger partial charge in [-0.05, 0) is 45.1 Å². The summed E-state index contributed by atoms with van der Waals surface area (Å²) >= 11 is 0. The summed E-state index contributed by atoms with van der Waals surface area (Å²) in [4.78, 5) is 27.9. The van der Waals surface area contributed by atoms with E-state index in [1.807, 2.05) is 4.90 Å². The van der Waals surface area contributed by atoms with E-state index in [0.29, 0.717) is 11.9 Å². The second-order valence-electron chi connectivity index (χ2n) is 6.77. The molecule has 1 aliphatic carbocycles. The third-order valence-electron chi connectivity index (χ3n) is 5.53. The molecule has 1 saturated carbocycles. The molecular weight excluding hydrogens is 268 g/mol. The van der Waals surface area contributed by atoms with Crippen LogP contribution in [0.2, 0.25) is 0 Å². The predicted octanol–water partition coefficient (Wildman–Crippen LogP) is 1.72. The molecule has 21 heavy (non-hydrogen) atoms. The third-order valence-corrected chi connectivity index (χ3v) is 5.53. The minimum absolute atomic E-state index is 0.264. The number of aliphatic carboxylic acids is 1. The van der Waals surface area contributed by atoms with E-state index < -0.39 is 5.97 Å². The van der Waals surface area contributed by atoms with Gasteiger partial charge in [-0.25, -0.2) is 0 Å². The monoisotopic (exact) mass is 294 g/mol. The van der Waals surface area contributed by atoms with Gasteiger partial charge in [0.1, 0.15) is 6.04 Å². The van der Waals surface area contributed by atoms with Gasteiger partial charge in [0.05, 0.1) is 0 Å². The van der Waals surface area contributed by atoms with E-state index in [1.54, 1.807) is 0 Å². The molecule has 5 heteroatoms. The minimum Gasteiger partial charge on any atom is -0.480 e. The molecule has 118 valence electrons. The Kier molecular flexibility index (Phi) is 4.48. The molecule has 0 spiro atoms. The Labute approximate surface area is 126 Å². The van der Waals surface area contributed by atoms with Gasteiger partial charge in [0, 0.05) is 25.0 Å². The second kappa shape index (κ2) is 6.34. The van der Waals surface area contributed by atoms with E-state index >= 15 is 0 Å². The number of likely N-dealkylation sites (tertiary alicyclic amines) is 2. The Morgan fingerprint density at radius 2 is 1.52 bits per heavy atom. The summed E-state index contributed by atoms with van der Waals surface area (Å²) in [7, 11) is 0. The standard InChI is InChI=1S/C16H26N2O3/c19-15(12-4-1-2-5-12)17-10-7-13(8-11-17)18-9-3-6-14(18)16(20)21/h12-14H,1-11H2,(H,20,21). The van der Waals surface area contributed by atoms with Crippen LogP contribution in [0.3, 0.4) is 0 Å². The molecule has 0 aromatic heterocycles. The summed E-state index contributed by atoms with van der Waals surface area (Å²) in [5.41, 5.74) is 0. The van der Waals surface area contributed by atoms with Crippen LogP contribution in [0.25, 0.3) is 0 Å². The van der Waals surface area contributed by atoms with Crippen molar-refractivity contribution in [3.63, 3.8) is 0 Å². The maximum Gasteiger partial charge on any atom is 0.320 e. The van der Waals surface area contributed by atoms with Gasteiger partial charge in [0.15, 0.2) is 0 Å². The Hall–Kier alpha value is -1.10. The van der Waals surface area contributed by atoms with Gasteiger partial charge >= 0.3 is 5.97 Å². The number of nitrogens with zero attached hydrogens (tertiary/aromatic N) is 2. The zero-order valence-corrected chi connectivity index (χ0v) is 12.7. The van der Waals surface area contributed by atoms with Crippen molar-refractivity contribution in [3.8, 4) is 0 Å². The highest BCUT2D eigenvalue weighted by Gasteiger charge is 2.38. The fourth-order valence-corrected chi connectivity index (χ4v) is 4.34. The molecule has 0 bridgehead atoms. The third kappa shape index (κ3) is 3.07. The van der Waals surface area contributed by atoms with Crippen LogP contribution in [0.1, 0.15) is 51.4 Å². The number of rotatable bonds is 3. The predicted molar refractivity (Wildman–Crippen MR) is 78.9 cm³/mol. The first-order valence-corrected chi connectivity index (χ1v) is 8.44. The van der Waals surface area contributed by atoms with Crippen LogP contribution < -0.4 is 0 Å². The average Bonchev–Trinajstić information content (AvgIpc) is 3.18. The van der Waals surface area contributed by atoms with Crippen molar-refractivity contribution in [3.05, 3.63) is 0 Å². The fraction of sp³-hybridized carbons (Fsp3) is 0.875. The van der Waals surface area contributed by atoms with Crippen molar-refractivity contribution < 1.29 is 14.7 Å². The quantitative estimate of drug-likeness (QED) is 0.861. The maximum atomic E-state index is 12.4. The summed E-state index contributed by atoms with van der Waals surface area (Å²) in [6.45, 7) is 2.52. The van der Waals surface area contributed by atoms with Crippen molar-refractivity contribution in [1.29, 1.82) is 0 Å². The van der Waals surface area contributed by atoms with Crippen LogP contribution in [-0.4, -0.2) is 58.5 Å². The van der Waals surface area contributed by atoms with Crippen LogP contribution in [0.5, 0.6) is 0 Å². The number of carbonyl (C=O) groups excluding carboxylic acids is 1. The minimum atomic E-state index is -0.683. The SMILES string of the molecule is O=C(O)C1CCCN1C1CCN(C(=O)C2CCCC2)CC1. The van der Waals surface area contributed by atoms with Crippen molar-refractivity contribution in [2.24, 2.45) is 5.92 Å². The van der Waals surface area contributed by atoms with Gasteiger partial charge in [0.2, 0.25) is 5.91 Å². The highest BCUT2D eigenvalue weighted by molar-refractivity contribution is 5.79. The molecule has 3 rings (SSSR count). The van der Waals surface area contributed by atoms with Crippen LogP contribution in [0.15, 0.2) is 0 Å². The Bertz CT molecular complexity index is 398. The topological polar surface area (TPSA) is 60.9 Å².